The van der Waals surface area contributed by atoms with Crippen LogP contribution >= 0.6 is 15.9 Å². The Morgan fingerprint density at radius 2 is 1.80 bits per heavy atom. The Kier molecular flexibility index (Phi) is 4.90. The first-order valence-electron chi connectivity index (χ1n) is 6.48. The second kappa shape index (κ2) is 6.66. The van der Waals surface area contributed by atoms with Crippen LogP contribution in [0.3, 0.4) is 0 Å². The minimum atomic E-state index is 0.105. The zero-order valence-corrected chi connectivity index (χ0v) is 13.2. The van der Waals surface area contributed by atoms with Gasteiger partial charge in [-0.1, -0.05) is 34.1 Å². The van der Waals surface area contributed by atoms with Gasteiger partial charge in [-0.15, -0.1) is 0 Å². The van der Waals surface area contributed by atoms with E-state index in [0.29, 0.717) is 18.0 Å². The van der Waals surface area contributed by atoms with Crippen LogP contribution in [0, 0.1) is 0 Å². The monoisotopic (exact) mass is 335 g/mol. The molecule has 2 aromatic carbocycles. The number of rotatable bonds is 5. The highest BCUT2D eigenvalue weighted by Gasteiger charge is 2.05. The minimum absolute atomic E-state index is 0.105. The van der Waals surface area contributed by atoms with Crippen LogP contribution in [0.25, 0.3) is 0 Å². The van der Waals surface area contributed by atoms with Gasteiger partial charge in [0.25, 0.3) is 0 Å². The molecule has 0 aliphatic rings. The molecule has 0 spiro atoms. The zero-order chi connectivity index (χ0) is 14.5. The van der Waals surface area contributed by atoms with Crippen LogP contribution in [0.5, 0.6) is 11.5 Å². The van der Waals surface area contributed by atoms with Crippen molar-refractivity contribution in [1.82, 2.24) is 0 Å². The van der Waals surface area contributed by atoms with Crippen molar-refractivity contribution in [3.05, 3.63) is 52.5 Å². The highest BCUT2D eigenvalue weighted by molar-refractivity contribution is 9.10. The number of benzene rings is 2. The Morgan fingerprint density at radius 1 is 1.10 bits per heavy atom. The van der Waals surface area contributed by atoms with Crippen molar-refractivity contribution in [3.8, 4) is 11.5 Å². The molecule has 0 heterocycles. The van der Waals surface area contributed by atoms with Gasteiger partial charge in [-0.2, -0.15) is 0 Å². The van der Waals surface area contributed by atoms with E-state index in [-0.39, 0.29) is 6.10 Å². The summed E-state index contributed by atoms with van der Waals surface area (Å²) in [7, 11) is 0. The van der Waals surface area contributed by atoms with Gasteiger partial charge in [-0.25, -0.2) is 0 Å². The summed E-state index contributed by atoms with van der Waals surface area (Å²) in [5.74, 6) is 1.43. The van der Waals surface area contributed by atoms with E-state index in [4.69, 9.17) is 15.2 Å². The quantitative estimate of drug-likeness (QED) is 0.823. The van der Waals surface area contributed by atoms with E-state index in [2.05, 4.69) is 15.9 Å². The van der Waals surface area contributed by atoms with Crippen molar-refractivity contribution in [2.24, 2.45) is 0 Å². The third-order valence-electron chi connectivity index (χ3n) is 2.63. The molecular weight excluding hydrogens is 318 g/mol. The third kappa shape index (κ3) is 4.17. The summed E-state index contributed by atoms with van der Waals surface area (Å²) in [6.07, 6.45) is 0.105. The molecule has 0 saturated carbocycles. The molecule has 0 aliphatic carbocycles. The minimum Gasteiger partial charge on any atom is -0.491 e. The smallest absolute Gasteiger partial charge is 0.125 e. The summed E-state index contributed by atoms with van der Waals surface area (Å²) >= 11 is 3.50. The summed E-state index contributed by atoms with van der Waals surface area (Å²) in [5.41, 5.74) is 7.58. The van der Waals surface area contributed by atoms with Gasteiger partial charge in [0.1, 0.15) is 18.1 Å². The molecule has 2 aromatic rings. The normalized spacial score (nSPS) is 10.6. The second-order valence-corrected chi connectivity index (χ2v) is 5.64. The maximum atomic E-state index is 5.86. The van der Waals surface area contributed by atoms with Gasteiger partial charge < -0.3 is 15.2 Å². The average Bonchev–Trinajstić information content (AvgIpc) is 2.36. The fourth-order valence-electron chi connectivity index (χ4n) is 1.79. The SMILES string of the molecule is CC(C)Oc1cc(N)cc(OCc2ccccc2Br)c1. The Labute approximate surface area is 127 Å². The number of anilines is 1. The summed E-state index contributed by atoms with van der Waals surface area (Å²) in [6.45, 7) is 4.43. The molecule has 0 saturated heterocycles. The molecule has 0 unspecified atom stereocenters. The molecule has 2 N–H and O–H groups in total. The molecule has 0 fully saturated rings. The van der Waals surface area contributed by atoms with Crippen LogP contribution in [0.1, 0.15) is 19.4 Å². The summed E-state index contributed by atoms with van der Waals surface area (Å²) in [5, 5.41) is 0. The first-order valence-corrected chi connectivity index (χ1v) is 7.27. The van der Waals surface area contributed by atoms with Crippen LogP contribution in [0.2, 0.25) is 0 Å². The highest BCUT2D eigenvalue weighted by Crippen LogP contribution is 2.26. The van der Waals surface area contributed by atoms with Gasteiger partial charge in [-0.3, -0.25) is 0 Å². The predicted molar refractivity (Wildman–Crippen MR) is 85.1 cm³/mol. The third-order valence-corrected chi connectivity index (χ3v) is 3.40. The summed E-state index contributed by atoms with van der Waals surface area (Å²) in [6, 6.07) is 13.4. The fourth-order valence-corrected chi connectivity index (χ4v) is 2.19. The first kappa shape index (κ1) is 14.7. The maximum absolute atomic E-state index is 5.86. The topological polar surface area (TPSA) is 44.5 Å². The number of nitrogen functional groups attached to an aromatic ring is 1. The molecule has 20 heavy (non-hydrogen) atoms. The predicted octanol–water partition coefficient (Wildman–Crippen LogP) is 4.40. The number of nitrogens with two attached hydrogens (primary N) is 1. The fraction of sp³-hybridized carbons (Fsp3) is 0.250. The maximum Gasteiger partial charge on any atom is 0.125 e. The molecule has 0 amide bonds. The molecule has 0 radical (unpaired) electrons. The highest BCUT2D eigenvalue weighted by atomic mass is 79.9. The van der Waals surface area contributed by atoms with Crippen LogP contribution < -0.4 is 15.2 Å². The zero-order valence-electron chi connectivity index (χ0n) is 11.6. The molecular formula is C16H18BrNO2. The summed E-state index contributed by atoms with van der Waals surface area (Å²) in [4.78, 5) is 0. The van der Waals surface area contributed by atoms with Gasteiger partial charge in [0.05, 0.1) is 6.10 Å². The molecule has 0 aromatic heterocycles. The van der Waals surface area contributed by atoms with Gasteiger partial charge >= 0.3 is 0 Å². The molecule has 3 nitrogen and oxygen atoms in total. The molecule has 0 atom stereocenters. The van der Waals surface area contributed by atoms with Crippen molar-refractivity contribution in [2.45, 2.75) is 26.6 Å². The van der Waals surface area contributed by atoms with E-state index in [1.54, 1.807) is 12.1 Å². The first-order chi connectivity index (χ1) is 9.54. The lowest BCUT2D eigenvalue weighted by atomic mass is 10.2. The van der Waals surface area contributed by atoms with Crippen molar-refractivity contribution in [2.75, 3.05) is 5.73 Å². The van der Waals surface area contributed by atoms with Crippen molar-refractivity contribution >= 4 is 21.6 Å². The molecule has 106 valence electrons. The van der Waals surface area contributed by atoms with Crippen LogP contribution in [-0.2, 0) is 6.61 Å². The number of hydrogen-bond donors (Lipinski definition) is 1. The largest absolute Gasteiger partial charge is 0.491 e. The van der Waals surface area contributed by atoms with E-state index in [1.165, 1.54) is 0 Å². The summed E-state index contributed by atoms with van der Waals surface area (Å²) < 4.78 is 12.5. The lowest BCUT2D eigenvalue weighted by Crippen LogP contribution is -2.06. The van der Waals surface area contributed by atoms with Crippen LogP contribution in [0.4, 0.5) is 5.69 Å². The van der Waals surface area contributed by atoms with E-state index < -0.39 is 0 Å². The van der Waals surface area contributed by atoms with Crippen molar-refractivity contribution in [1.29, 1.82) is 0 Å². The van der Waals surface area contributed by atoms with E-state index in [9.17, 15) is 0 Å². The van der Waals surface area contributed by atoms with Crippen LogP contribution in [0.15, 0.2) is 46.9 Å². The Balaban J connectivity index is 2.09. The van der Waals surface area contributed by atoms with Crippen LogP contribution in [-0.4, -0.2) is 6.10 Å². The van der Waals surface area contributed by atoms with Gasteiger partial charge in [0.15, 0.2) is 0 Å². The lowest BCUT2D eigenvalue weighted by Gasteiger charge is -2.13. The lowest BCUT2D eigenvalue weighted by molar-refractivity contribution is 0.239. The molecule has 4 heteroatoms. The van der Waals surface area contributed by atoms with Gasteiger partial charge in [-0.05, 0) is 19.9 Å². The van der Waals surface area contributed by atoms with E-state index >= 15 is 0 Å². The average molecular weight is 336 g/mol. The van der Waals surface area contributed by atoms with E-state index in [1.807, 2.05) is 44.2 Å². The van der Waals surface area contributed by atoms with Crippen molar-refractivity contribution < 1.29 is 9.47 Å². The van der Waals surface area contributed by atoms with Gasteiger partial charge in [0, 0.05) is 33.9 Å². The molecule has 0 bridgehead atoms. The molecule has 2 rings (SSSR count). The second-order valence-electron chi connectivity index (χ2n) is 4.78. The Hall–Kier alpha value is -1.68. The Morgan fingerprint density at radius 3 is 2.50 bits per heavy atom. The Bertz CT molecular complexity index is 584. The number of hydrogen-bond acceptors (Lipinski definition) is 3. The van der Waals surface area contributed by atoms with Gasteiger partial charge in [0.2, 0.25) is 0 Å². The standard InChI is InChI=1S/C16H18BrNO2/c1-11(2)20-15-8-13(18)7-14(9-15)19-10-12-5-3-4-6-16(12)17/h3-9,11H,10,18H2,1-2H3. The number of ether oxygens (including phenoxy) is 2. The number of halogens is 1. The van der Waals surface area contributed by atoms with E-state index in [0.717, 1.165) is 15.8 Å². The van der Waals surface area contributed by atoms with Crippen molar-refractivity contribution in [3.63, 3.8) is 0 Å². The molecule has 0 aliphatic heterocycles.